The summed E-state index contributed by atoms with van der Waals surface area (Å²) < 4.78 is 5.34. The third-order valence-electron chi connectivity index (χ3n) is 2.91. The van der Waals surface area contributed by atoms with Crippen LogP contribution in [0.2, 0.25) is 0 Å². The summed E-state index contributed by atoms with van der Waals surface area (Å²) in [7, 11) is 1.89. The first-order valence-corrected chi connectivity index (χ1v) is 7.03. The van der Waals surface area contributed by atoms with Gasteiger partial charge in [-0.15, -0.1) is 0 Å². The Morgan fingerprint density at radius 1 is 1.33 bits per heavy atom. The number of hydrogen-bond donors (Lipinski definition) is 1. The summed E-state index contributed by atoms with van der Waals surface area (Å²) in [6.07, 6.45) is 0. The number of amides is 1. The van der Waals surface area contributed by atoms with Crippen molar-refractivity contribution in [1.82, 2.24) is 15.4 Å². The van der Waals surface area contributed by atoms with Crippen molar-refractivity contribution >= 4 is 5.91 Å². The number of likely N-dealkylation sites (N-methyl/N-ethyl adjacent to an activating group) is 1. The maximum Gasteiger partial charge on any atom is 0.234 e. The predicted molar refractivity (Wildman–Crippen MR) is 81.6 cm³/mol. The lowest BCUT2D eigenvalue weighted by atomic mass is 10.1. The second-order valence-electron chi connectivity index (χ2n) is 5.44. The van der Waals surface area contributed by atoms with Crippen LogP contribution in [0.25, 0.3) is 11.3 Å². The van der Waals surface area contributed by atoms with Crippen LogP contribution in [0.1, 0.15) is 19.5 Å². The van der Waals surface area contributed by atoms with Crippen LogP contribution in [0, 0.1) is 0 Å². The van der Waals surface area contributed by atoms with Gasteiger partial charge in [-0.1, -0.05) is 35.5 Å². The zero-order valence-corrected chi connectivity index (χ0v) is 12.7. The molecule has 0 unspecified atom stereocenters. The van der Waals surface area contributed by atoms with Crippen molar-refractivity contribution in [3.63, 3.8) is 0 Å². The molecule has 5 heteroatoms. The summed E-state index contributed by atoms with van der Waals surface area (Å²) in [4.78, 5) is 13.6. The minimum atomic E-state index is 0.0132. The number of carbonyl (C=O) groups excluding carboxylic acids is 1. The molecule has 21 heavy (non-hydrogen) atoms. The summed E-state index contributed by atoms with van der Waals surface area (Å²) in [6.45, 7) is 4.80. The summed E-state index contributed by atoms with van der Waals surface area (Å²) in [5.74, 6) is 0.755. The van der Waals surface area contributed by atoms with Crippen LogP contribution in [0.3, 0.4) is 0 Å². The van der Waals surface area contributed by atoms with Gasteiger partial charge in [0.1, 0.15) is 0 Å². The van der Waals surface area contributed by atoms with Crippen LogP contribution in [0.4, 0.5) is 0 Å². The van der Waals surface area contributed by atoms with E-state index in [1.165, 1.54) is 0 Å². The number of benzene rings is 1. The molecule has 112 valence electrons. The molecule has 1 heterocycles. The van der Waals surface area contributed by atoms with E-state index in [9.17, 15) is 4.79 Å². The van der Waals surface area contributed by atoms with Gasteiger partial charge in [-0.3, -0.25) is 9.69 Å². The van der Waals surface area contributed by atoms with Crippen molar-refractivity contribution in [2.75, 3.05) is 13.6 Å². The van der Waals surface area contributed by atoms with Gasteiger partial charge in [-0.25, -0.2) is 0 Å². The molecule has 5 nitrogen and oxygen atoms in total. The second kappa shape index (κ2) is 7.04. The maximum absolute atomic E-state index is 11.7. The normalized spacial score (nSPS) is 11.1. The fourth-order valence-corrected chi connectivity index (χ4v) is 2.07. The van der Waals surface area contributed by atoms with E-state index in [0.717, 1.165) is 17.0 Å². The largest absolute Gasteiger partial charge is 0.356 e. The van der Waals surface area contributed by atoms with E-state index in [1.807, 2.05) is 62.2 Å². The van der Waals surface area contributed by atoms with Gasteiger partial charge in [0.25, 0.3) is 0 Å². The standard InChI is InChI=1S/C16H21N3O2/c1-12(2)17-16(20)11-19(3)10-14-9-15(21-18-14)13-7-5-4-6-8-13/h4-9,12H,10-11H2,1-3H3,(H,17,20). The molecule has 0 saturated heterocycles. The lowest BCUT2D eigenvalue weighted by molar-refractivity contribution is -0.122. The molecule has 1 N–H and O–H groups in total. The molecular weight excluding hydrogens is 266 g/mol. The highest BCUT2D eigenvalue weighted by atomic mass is 16.5. The van der Waals surface area contributed by atoms with Crippen LogP contribution in [-0.2, 0) is 11.3 Å². The third-order valence-corrected chi connectivity index (χ3v) is 2.91. The highest BCUT2D eigenvalue weighted by Crippen LogP contribution is 2.20. The maximum atomic E-state index is 11.7. The summed E-state index contributed by atoms with van der Waals surface area (Å²) in [5.41, 5.74) is 1.81. The monoisotopic (exact) mass is 287 g/mol. The Kier molecular flexibility index (Phi) is 5.11. The predicted octanol–water partition coefficient (Wildman–Crippen LogP) is 2.30. The highest BCUT2D eigenvalue weighted by Gasteiger charge is 2.11. The number of nitrogens with one attached hydrogen (secondary N) is 1. The van der Waals surface area contributed by atoms with Crippen molar-refractivity contribution < 1.29 is 9.32 Å². The van der Waals surface area contributed by atoms with Crippen LogP contribution in [-0.4, -0.2) is 35.6 Å². The average Bonchev–Trinajstić information content (AvgIpc) is 2.86. The molecule has 0 radical (unpaired) electrons. The number of carbonyl (C=O) groups is 1. The minimum Gasteiger partial charge on any atom is -0.356 e. The Morgan fingerprint density at radius 2 is 2.05 bits per heavy atom. The first-order chi connectivity index (χ1) is 10.0. The summed E-state index contributed by atoms with van der Waals surface area (Å²) >= 11 is 0. The second-order valence-corrected chi connectivity index (χ2v) is 5.44. The Balaban J connectivity index is 1.92. The van der Waals surface area contributed by atoms with Gasteiger partial charge >= 0.3 is 0 Å². The Bertz CT molecular complexity index is 578. The van der Waals surface area contributed by atoms with Gasteiger partial charge in [-0.2, -0.15) is 0 Å². The van der Waals surface area contributed by atoms with E-state index in [-0.39, 0.29) is 11.9 Å². The number of hydrogen-bond acceptors (Lipinski definition) is 4. The first-order valence-electron chi connectivity index (χ1n) is 7.03. The molecule has 0 fully saturated rings. The fourth-order valence-electron chi connectivity index (χ4n) is 2.07. The van der Waals surface area contributed by atoms with Crippen LogP contribution in [0.15, 0.2) is 40.9 Å². The van der Waals surface area contributed by atoms with Crippen LogP contribution in [0.5, 0.6) is 0 Å². The van der Waals surface area contributed by atoms with Crippen LogP contribution >= 0.6 is 0 Å². The molecule has 0 aliphatic rings. The van der Waals surface area contributed by atoms with Gasteiger partial charge in [0, 0.05) is 24.2 Å². The van der Waals surface area contributed by atoms with E-state index >= 15 is 0 Å². The molecule has 0 spiro atoms. The number of aromatic nitrogens is 1. The zero-order valence-electron chi connectivity index (χ0n) is 12.7. The highest BCUT2D eigenvalue weighted by molar-refractivity contribution is 5.78. The molecule has 2 aromatic rings. The molecule has 1 amide bonds. The van der Waals surface area contributed by atoms with Crippen molar-refractivity contribution in [2.45, 2.75) is 26.4 Å². The van der Waals surface area contributed by atoms with Crippen molar-refractivity contribution in [3.05, 3.63) is 42.1 Å². The Morgan fingerprint density at radius 3 is 2.71 bits per heavy atom. The molecule has 1 aromatic heterocycles. The lowest BCUT2D eigenvalue weighted by Crippen LogP contribution is -2.38. The molecule has 0 bridgehead atoms. The fraction of sp³-hybridized carbons (Fsp3) is 0.375. The zero-order chi connectivity index (χ0) is 15.2. The van der Waals surface area contributed by atoms with Crippen molar-refractivity contribution in [3.8, 4) is 11.3 Å². The van der Waals surface area contributed by atoms with Gasteiger partial charge in [0.05, 0.1) is 12.2 Å². The molecule has 1 aromatic carbocycles. The quantitative estimate of drug-likeness (QED) is 0.885. The van der Waals surface area contributed by atoms with E-state index in [0.29, 0.717) is 13.1 Å². The number of nitrogens with zero attached hydrogens (tertiary/aromatic N) is 2. The van der Waals surface area contributed by atoms with Gasteiger partial charge in [0.15, 0.2) is 5.76 Å². The van der Waals surface area contributed by atoms with Gasteiger partial charge in [-0.05, 0) is 20.9 Å². The molecule has 2 rings (SSSR count). The minimum absolute atomic E-state index is 0.0132. The summed E-state index contributed by atoms with van der Waals surface area (Å²) in [6, 6.07) is 11.9. The lowest BCUT2D eigenvalue weighted by Gasteiger charge is -2.15. The number of rotatable bonds is 6. The molecule has 0 aliphatic carbocycles. The van der Waals surface area contributed by atoms with E-state index < -0.39 is 0 Å². The molecule has 0 aliphatic heterocycles. The molecular formula is C16H21N3O2. The van der Waals surface area contributed by atoms with Crippen molar-refractivity contribution in [2.24, 2.45) is 0 Å². The van der Waals surface area contributed by atoms with Crippen LogP contribution < -0.4 is 5.32 Å². The summed E-state index contributed by atoms with van der Waals surface area (Å²) in [5, 5.41) is 6.92. The van der Waals surface area contributed by atoms with Crippen molar-refractivity contribution in [1.29, 1.82) is 0 Å². The van der Waals surface area contributed by atoms with E-state index in [4.69, 9.17) is 4.52 Å². The topological polar surface area (TPSA) is 58.4 Å². The molecule has 0 saturated carbocycles. The average molecular weight is 287 g/mol. The third kappa shape index (κ3) is 4.72. The van der Waals surface area contributed by atoms with E-state index in [2.05, 4.69) is 10.5 Å². The Hall–Kier alpha value is -2.14. The smallest absolute Gasteiger partial charge is 0.234 e. The molecule has 0 atom stereocenters. The SMILES string of the molecule is CC(C)NC(=O)CN(C)Cc1cc(-c2ccccc2)on1. The first kappa shape index (κ1) is 15.3. The van der Waals surface area contributed by atoms with Gasteiger partial charge < -0.3 is 9.84 Å². The Labute approximate surface area is 124 Å². The van der Waals surface area contributed by atoms with E-state index in [1.54, 1.807) is 0 Å². The van der Waals surface area contributed by atoms with Gasteiger partial charge in [0.2, 0.25) is 5.91 Å².